The molecule has 3 aromatic rings. The Morgan fingerprint density at radius 1 is 0.857 bits per heavy atom. The van der Waals surface area contributed by atoms with Crippen LogP contribution in [0.25, 0.3) is 21.5 Å². The molecule has 0 heterocycles. The van der Waals surface area contributed by atoms with Crippen molar-refractivity contribution < 1.29 is 4.74 Å². The molecule has 4 aliphatic rings. The zero-order valence-electron chi connectivity index (χ0n) is 16.3. The average Bonchev–Trinajstić information content (AvgIpc) is 3.46. The first-order chi connectivity index (χ1) is 13.7. The van der Waals surface area contributed by atoms with Gasteiger partial charge in [-0.05, 0) is 82.7 Å². The van der Waals surface area contributed by atoms with Crippen LogP contribution in [0, 0.1) is 35.0 Å². The predicted octanol–water partition coefficient (Wildman–Crippen LogP) is 6.61. The van der Waals surface area contributed by atoms with Gasteiger partial charge in [0, 0.05) is 11.3 Å². The zero-order valence-corrected chi connectivity index (χ0v) is 16.3. The molecule has 3 fully saturated rings. The third kappa shape index (κ3) is 1.83. The lowest BCUT2D eigenvalue weighted by atomic mass is 9.61. The number of benzene rings is 3. The van der Waals surface area contributed by atoms with Crippen LogP contribution in [0.2, 0.25) is 0 Å². The van der Waals surface area contributed by atoms with Crippen LogP contribution in [0.5, 0.6) is 5.75 Å². The fourth-order valence-electron chi connectivity index (χ4n) is 7.77. The number of ether oxygens (including phenoxy) is 1. The summed E-state index contributed by atoms with van der Waals surface area (Å²) < 4.78 is 6.81. The molecule has 0 aromatic heterocycles. The highest BCUT2D eigenvalue weighted by Crippen LogP contribution is 2.72. The second-order valence-corrected chi connectivity index (χ2v) is 9.95. The van der Waals surface area contributed by atoms with Crippen molar-refractivity contribution >= 4 is 21.5 Å². The van der Waals surface area contributed by atoms with E-state index in [1.165, 1.54) is 40.8 Å². The van der Waals surface area contributed by atoms with Gasteiger partial charge in [-0.2, -0.15) is 0 Å². The van der Waals surface area contributed by atoms with E-state index in [0.29, 0.717) is 11.5 Å². The Morgan fingerprint density at radius 3 is 2.57 bits per heavy atom. The van der Waals surface area contributed by atoms with Crippen LogP contribution in [0.4, 0.5) is 0 Å². The van der Waals surface area contributed by atoms with E-state index in [0.717, 1.165) is 35.3 Å². The Balaban J connectivity index is 1.27. The van der Waals surface area contributed by atoms with Crippen molar-refractivity contribution in [2.24, 2.45) is 35.0 Å². The van der Waals surface area contributed by atoms with Crippen LogP contribution in [0.1, 0.15) is 26.2 Å². The predicted molar refractivity (Wildman–Crippen MR) is 114 cm³/mol. The van der Waals surface area contributed by atoms with Crippen molar-refractivity contribution in [2.45, 2.75) is 32.3 Å². The number of allylic oxidation sites excluding steroid dienone is 2. The minimum atomic E-state index is 0.396. The van der Waals surface area contributed by atoms with Gasteiger partial charge < -0.3 is 4.74 Å². The molecule has 3 saturated carbocycles. The summed E-state index contributed by atoms with van der Waals surface area (Å²) in [6.45, 7) is 2.59. The fourth-order valence-corrected chi connectivity index (χ4v) is 7.77. The third-order valence-corrected chi connectivity index (χ3v) is 8.97. The molecule has 4 aliphatic carbocycles. The Bertz CT molecular complexity index is 1140. The highest BCUT2D eigenvalue weighted by molar-refractivity contribution is 6.00. The SMILES string of the molecule is CC12C3C=CC(C3)C1C1CC2CC1Oc1cccc2cc3ccccc3cc12. The second kappa shape index (κ2) is 5.20. The van der Waals surface area contributed by atoms with Crippen LogP contribution in [0.15, 0.2) is 66.7 Å². The molecule has 4 bridgehead atoms. The first kappa shape index (κ1) is 15.6. The molecule has 7 atom stereocenters. The highest BCUT2D eigenvalue weighted by Gasteiger charge is 2.68. The Kier molecular flexibility index (Phi) is 2.90. The van der Waals surface area contributed by atoms with E-state index >= 15 is 0 Å². The van der Waals surface area contributed by atoms with Gasteiger partial charge in [-0.3, -0.25) is 0 Å². The van der Waals surface area contributed by atoms with E-state index in [1.54, 1.807) is 0 Å². The summed E-state index contributed by atoms with van der Waals surface area (Å²) in [6.07, 6.45) is 9.49. The summed E-state index contributed by atoms with van der Waals surface area (Å²) in [5.74, 6) is 5.17. The third-order valence-electron chi connectivity index (χ3n) is 8.97. The van der Waals surface area contributed by atoms with E-state index in [-0.39, 0.29) is 0 Å². The van der Waals surface area contributed by atoms with Crippen LogP contribution in [-0.2, 0) is 0 Å². The molecular weight excluding hydrogens is 340 g/mol. The summed E-state index contributed by atoms with van der Waals surface area (Å²) in [4.78, 5) is 0. The Labute approximate surface area is 166 Å². The summed E-state index contributed by atoms with van der Waals surface area (Å²) in [5.41, 5.74) is 0.554. The van der Waals surface area contributed by atoms with E-state index in [4.69, 9.17) is 4.74 Å². The Hall–Kier alpha value is -2.28. The molecule has 1 nitrogen and oxygen atoms in total. The summed E-state index contributed by atoms with van der Waals surface area (Å²) in [5, 5.41) is 5.15. The fraction of sp³-hybridized carbons (Fsp3) is 0.407. The molecule has 1 heteroatoms. The van der Waals surface area contributed by atoms with Gasteiger partial charge in [0.1, 0.15) is 11.9 Å². The molecule has 0 aliphatic heterocycles. The minimum absolute atomic E-state index is 0.396. The normalized spacial score (nSPS) is 39.9. The van der Waals surface area contributed by atoms with E-state index in [1.807, 2.05) is 0 Å². The highest BCUT2D eigenvalue weighted by atomic mass is 16.5. The number of rotatable bonds is 2. The van der Waals surface area contributed by atoms with Gasteiger partial charge in [0.05, 0.1) is 0 Å². The van der Waals surface area contributed by atoms with Gasteiger partial charge >= 0.3 is 0 Å². The maximum atomic E-state index is 6.81. The monoisotopic (exact) mass is 366 g/mol. The zero-order chi connectivity index (χ0) is 18.5. The van der Waals surface area contributed by atoms with Gasteiger partial charge in [0.2, 0.25) is 0 Å². The van der Waals surface area contributed by atoms with Gasteiger partial charge in [-0.15, -0.1) is 0 Å². The molecule has 7 unspecified atom stereocenters. The van der Waals surface area contributed by atoms with Crippen LogP contribution in [0.3, 0.4) is 0 Å². The van der Waals surface area contributed by atoms with Crippen molar-refractivity contribution in [3.05, 3.63) is 66.7 Å². The summed E-state index contributed by atoms with van der Waals surface area (Å²) in [6, 6.07) is 19.8. The van der Waals surface area contributed by atoms with Crippen molar-refractivity contribution in [3.63, 3.8) is 0 Å². The molecule has 0 N–H and O–H groups in total. The number of hydrogen-bond acceptors (Lipinski definition) is 1. The standard InChI is InChI=1S/C27H26O/c1-27-20-10-9-19(12-20)26(27)23-14-21(27)15-25(23)28-24-8-4-7-18-11-16-5-2-3-6-17(16)13-22(18)24/h2-11,13,19-21,23,25-26H,12,14-15H2,1H3. The second-order valence-electron chi connectivity index (χ2n) is 9.95. The average molecular weight is 367 g/mol. The molecule has 3 aromatic carbocycles. The van der Waals surface area contributed by atoms with Gasteiger partial charge in [-0.1, -0.05) is 55.5 Å². The molecule has 0 amide bonds. The van der Waals surface area contributed by atoms with E-state index in [9.17, 15) is 0 Å². The summed E-state index contributed by atoms with van der Waals surface area (Å²) >= 11 is 0. The lowest BCUT2D eigenvalue weighted by Crippen LogP contribution is -2.43. The van der Waals surface area contributed by atoms with Crippen molar-refractivity contribution in [1.29, 1.82) is 0 Å². The molecule has 28 heavy (non-hydrogen) atoms. The molecule has 0 saturated heterocycles. The number of fused-ring (bicyclic) bond motifs is 11. The topological polar surface area (TPSA) is 9.23 Å². The molecule has 140 valence electrons. The molecule has 0 spiro atoms. The van der Waals surface area contributed by atoms with Crippen molar-refractivity contribution in [2.75, 3.05) is 0 Å². The van der Waals surface area contributed by atoms with Crippen LogP contribution in [-0.4, -0.2) is 6.10 Å². The molecule has 7 rings (SSSR count). The maximum absolute atomic E-state index is 6.81. The lowest BCUT2D eigenvalue weighted by molar-refractivity contribution is 0.0129. The quantitative estimate of drug-likeness (QED) is 0.282. The maximum Gasteiger partial charge on any atom is 0.127 e. The van der Waals surface area contributed by atoms with Crippen LogP contribution < -0.4 is 4.74 Å². The minimum Gasteiger partial charge on any atom is -0.489 e. The molecule has 0 radical (unpaired) electrons. The van der Waals surface area contributed by atoms with Crippen LogP contribution >= 0.6 is 0 Å². The first-order valence-corrected chi connectivity index (χ1v) is 11.0. The van der Waals surface area contributed by atoms with E-state index in [2.05, 4.69) is 73.7 Å². The van der Waals surface area contributed by atoms with Crippen molar-refractivity contribution in [1.82, 2.24) is 0 Å². The largest absolute Gasteiger partial charge is 0.489 e. The lowest BCUT2D eigenvalue weighted by Gasteiger charge is -2.45. The van der Waals surface area contributed by atoms with Gasteiger partial charge in [0.15, 0.2) is 0 Å². The van der Waals surface area contributed by atoms with Crippen molar-refractivity contribution in [3.8, 4) is 5.75 Å². The van der Waals surface area contributed by atoms with E-state index < -0.39 is 0 Å². The smallest absolute Gasteiger partial charge is 0.127 e. The first-order valence-electron chi connectivity index (χ1n) is 11.0. The number of hydrogen-bond donors (Lipinski definition) is 0. The Morgan fingerprint density at radius 2 is 1.68 bits per heavy atom. The van der Waals surface area contributed by atoms with Gasteiger partial charge in [-0.25, -0.2) is 0 Å². The molecular formula is C27H26O. The van der Waals surface area contributed by atoms with Gasteiger partial charge in [0.25, 0.3) is 0 Å². The summed E-state index contributed by atoms with van der Waals surface area (Å²) in [7, 11) is 0.